The summed E-state index contributed by atoms with van der Waals surface area (Å²) in [6, 6.07) is 3.20. The number of thioether (sulfide) groups is 1. The van der Waals surface area contributed by atoms with Crippen molar-refractivity contribution in [3.05, 3.63) is 27.1 Å². The smallest absolute Gasteiger partial charge is 0.323 e. The van der Waals surface area contributed by atoms with Crippen LogP contribution in [0.3, 0.4) is 0 Å². The molecule has 1 aliphatic heterocycles. The summed E-state index contributed by atoms with van der Waals surface area (Å²) in [5.41, 5.74) is 0.363. The number of aromatic hydroxyl groups is 1. The van der Waals surface area contributed by atoms with E-state index in [2.05, 4.69) is 15.9 Å². The molecule has 6 nitrogen and oxygen atoms in total. The van der Waals surface area contributed by atoms with Crippen molar-refractivity contribution in [1.29, 1.82) is 0 Å². The Morgan fingerprint density at radius 3 is 2.82 bits per heavy atom. The molecule has 2 rings (SSSR count). The molecule has 2 N–H and O–H groups in total. The van der Waals surface area contributed by atoms with Gasteiger partial charge < -0.3 is 14.9 Å². The van der Waals surface area contributed by atoms with E-state index in [0.29, 0.717) is 10.0 Å². The summed E-state index contributed by atoms with van der Waals surface area (Å²) < 4.78 is 5.87. The Morgan fingerprint density at radius 1 is 1.55 bits per heavy atom. The van der Waals surface area contributed by atoms with Gasteiger partial charge in [0.15, 0.2) is 11.5 Å². The van der Waals surface area contributed by atoms with Gasteiger partial charge in [-0.05, 0) is 18.2 Å². The molecule has 0 unspecified atom stereocenters. The second-order valence-corrected chi connectivity index (χ2v) is 6.80. The number of carboxylic acid groups (broad SMARTS) is 1. The largest absolute Gasteiger partial charge is 0.504 e. The highest BCUT2D eigenvalue weighted by Gasteiger charge is 2.33. The van der Waals surface area contributed by atoms with E-state index in [9.17, 15) is 14.7 Å². The van der Waals surface area contributed by atoms with Crippen LogP contribution in [0.5, 0.6) is 11.5 Å². The van der Waals surface area contributed by atoms with Gasteiger partial charge in [-0.1, -0.05) is 39.9 Å². The molecular formula is C13H10BrNO5S2. The van der Waals surface area contributed by atoms with E-state index in [1.165, 1.54) is 13.2 Å². The highest BCUT2D eigenvalue weighted by Crippen LogP contribution is 2.38. The maximum absolute atomic E-state index is 12.2. The maximum atomic E-state index is 12.2. The molecule has 1 aliphatic rings. The quantitative estimate of drug-likeness (QED) is 0.589. The number of carbonyl (C=O) groups is 2. The van der Waals surface area contributed by atoms with Crippen LogP contribution in [-0.4, -0.2) is 45.0 Å². The molecule has 1 aromatic rings. The van der Waals surface area contributed by atoms with E-state index in [-0.39, 0.29) is 20.7 Å². The van der Waals surface area contributed by atoms with Gasteiger partial charge in [0.2, 0.25) is 0 Å². The van der Waals surface area contributed by atoms with Crippen molar-refractivity contribution in [3.8, 4) is 11.5 Å². The standard InChI is InChI=1S/C13H10BrNO5S2/c1-20-8-4-7(14)2-6(11(8)18)3-9-12(19)15(5-10(16)17)13(21)22-9/h2-4,18H,5H2,1H3,(H,16,17)/b9-3-. The number of nitrogens with zero attached hydrogens (tertiary/aromatic N) is 1. The van der Waals surface area contributed by atoms with Crippen molar-refractivity contribution in [3.63, 3.8) is 0 Å². The molecule has 9 heteroatoms. The number of methoxy groups -OCH3 is 1. The Kier molecular flexibility index (Phi) is 5.09. The normalized spacial score (nSPS) is 16.5. The molecule has 1 amide bonds. The minimum atomic E-state index is -1.15. The van der Waals surface area contributed by atoms with E-state index in [0.717, 1.165) is 16.7 Å². The topological polar surface area (TPSA) is 87.1 Å². The SMILES string of the molecule is COc1cc(Br)cc(/C=C2\SC(=S)N(CC(=O)O)C2=O)c1O. The number of rotatable bonds is 4. The van der Waals surface area contributed by atoms with Crippen LogP contribution in [-0.2, 0) is 9.59 Å². The van der Waals surface area contributed by atoms with E-state index < -0.39 is 18.4 Å². The highest BCUT2D eigenvalue weighted by molar-refractivity contribution is 9.10. The number of carbonyl (C=O) groups excluding carboxylic acids is 1. The zero-order valence-corrected chi connectivity index (χ0v) is 14.4. The molecule has 0 atom stereocenters. The Morgan fingerprint density at radius 2 is 2.23 bits per heavy atom. The summed E-state index contributed by atoms with van der Waals surface area (Å²) in [6.07, 6.45) is 1.45. The molecule has 116 valence electrons. The van der Waals surface area contributed by atoms with Crippen LogP contribution in [0.25, 0.3) is 6.08 Å². The van der Waals surface area contributed by atoms with Crippen LogP contribution in [0.1, 0.15) is 5.56 Å². The predicted octanol–water partition coefficient (Wildman–Crippen LogP) is 2.45. The lowest BCUT2D eigenvalue weighted by Gasteiger charge is -2.10. The maximum Gasteiger partial charge on any atom is 0.323 e. The van der Waals surface area contributed by atoms with Gasteiger partial charge in [0.25, 0.3) is 5.91 Å². The Balaban J connectivity index is 2.39. The minimum Gasteiger partial charge on any atom is -0.504 e. The van der Waals surface area contributed by atoms with Gasteiger partial charge in [-0.15, -0.1) is 0 Å². The first-order chi connectivity index (χ1) is 10.3. The summed E-state index contributed by atoms with van der Waals surface area (Å²) in [6.45, 7) is -0.490. The van der Waals surface area contributed by atoms with E-state index >= 15 is 0 Å². The third kappa shape index (κ3) is 3.42. The molecular weight excluding hydrogens is 394 g/mol. The number of ether oxygens (including phenoxy) is 1. The van der Waals surface area contributed by atoms with Gasteiger partial charge in [-0.25, -0.2) is 0 Å². The molecule has 0 saturated carbocycles. The summed E-state index contributed by atoms with van der Waals surface area (Å²) >= 11 is 9.27. The zero-order valence-electron chi connectivity index (χ0n) is 11.2. The zero-order chi connectivity index (χ0) is 16.4. The number of hydrogen-bond donors (Lipinski definition) is 2. The molecule has 22 heavy (non-hydrogen) atoms. The fourth-order valence-corrected chi connectivity index (χ4v) is 3.47. The number of aliphatic carboxylic acids is 1. The number of halogens is 1. The molecule has 1 aromatic carbocycles. The number of hydrogen-bond acceptors (Lipinski definition) is 6. The number of phenols is 1. The van der Waals surface area contributed by atoms with Crippen molar-refractivity contribution in [1.82, 2.24) is 4.90 Å². The van der Waals surface area contributed by atoms with Crippen LogP contribution in [0.4, 0.5) is 0 Å². The summed E-state index contributed by atoms with van der Waals surface area (Å²) in [7, 11) is 1.41. The van der Waals surface area contributed by atoms with Crippen molar-refractivity contribution in [2.75, 3.05) is 13.7 Å². The number of thiocarbonyl (C=S) groups is 1. The number of amides is 1. The Hall–Kier alpha value is -1.58. The lowest BCUT2D eigenvalue weighted by Crippen LogP contribution is -2.33. The molecule has 1 fully saturated rings. The van der Waals surface area contributed by atoms with Gasteiger partial charge >= 0.3 is 5.97 Å². The molecule has 1 saturated heterocycles. The molecule has 0 bridgehead atoms. The van der Waals surface area contributed by atoms with Crippen LogP contribution in [0.2, 0.25) is 0 Å². The van der Waals surface area contributed by atoms with E-state index in [1.54, 1.807) is 12.1 Å². The summed E-state index contributed by atoms with van der Waals surface area (Å²) in [5.74, 6) is -1.52. The third-order valence-electron chi connectivity index (χ3n) is 2.74. The van der Waals surface area contributed by atoms with Gasteiger partial charge in [0, 0.05) is 10.0 Å². The molecule has 0 radical (unpaired) electrons. The molecule has 1 heterocycles. The van der Waals surface area contributed by atoms with E-state index in [1.807, 2.05) is 0 Å². The van der Waals surface area contributed by atoms with Crippen molar-refractivity contribution in [2.45, 2.75) is 0 Å². The lowest BCUT2D eigenvalue weighted by molar-refractivity contribution is -0.140. The fourth-order valence-electron chi connectivity index (χ4n) is 1.77. The highest BCUT2D eigenvalue weighted by atomic mass is 79.9. The molecule has 0 spiro atoms. The first-order valence-electron chi connectivity index (χ1n) is 5.87. The number of benzene rings is 1. The average molecular weight is 404 g/mol. The Bertz CT molecular complexity index is 704. The monoisotopic (exact) mass is 403 g/mol. The minimum absolute atomic E-state index is 0.116. The molecule has 0 aromatic heterocycles. The van der Waals surface area contributed by atoms with Gasteiger partial charge in [-0.2, -0.15) is 0 Å². The van der Waals surface area contributed by atoms with Gasteiger partial charge in [0.1, 0.15) is 10.9 Å². The fraction of sp³-hybridized carbons (Fsp3) is 0.154. The second kappa shape index (κ2) is 6.67. The van der Waals surface area contributed by atoms with Gasteiger partial charge in [-0.3, -0.25) is 14.5 Å². The van der Waals surface area contributed by atoms with E-state index in [4.69, 9.17) is 22.1 Å². The number of carboxylic acids is 1. The third-order valence-corrected chi connectivity index (χ3v) is 4.58. The van der Waals surface area contributed by atoms with Crippen molar-refractivity contribution >= 4 is 62.2 Å². The second-order valence-electron chi connectivity index (χ2n) is 4.21. The summed E-state index contributed by atoms with van der Waals surface area (Å²) in [4.78, 5) is 24.2. The van der Waals surface area contributed by atoms with Crippen molar-refractivity contribution in [2.24, 2.45) is 0 Å². The first-order valence-corrected chi connectivity index (χ1v) is 7.89. The van der Waals surface area contributed by atoms with Crippen LogP contribution < -0.4 is 4.74 Å². The Labute approximate surface area is 143 Å². The predicted molar refractivity (Wildman–Crippen MR) is 89.9 cm³/mol. The lowest BCUT2D eigenvalue weighted by atomic mass is 10.1. The van der Waals surface area contributed by atoms with Crippen LogP contribution >= 0.6 is 39.9 Å². The number of phenolic OH excluding ortho intramolecular Hbond substituents is 1. The molecule has 0 aliphatic carbocycles. The summed E-state index contributed by atoms with van der Waals surface area (Å²) in [5, 5.41) is 18.9. The van der Waals surface area contributed by atoms with Crippen LogP contribution in [0.15, 0.2) is 21.5 Å². The van der Waals surface area contributed by atoms with Crippen molar-refractivity contribution < 1.29 is 24.5 Å². The van der Waals surface area contributed by atoms with Crippen LogP contribution in [0, 0.1) is 0 Å². The van der Waals surface area contributed by atoms with Gasteiger partial charge in [0.05, 0.1) is 12.0 Å². The first kappa shape index (κ1) is 16.8. The average Bonchev–Trinajstić information content (AvgIpc) is 2.69.